The number of para-hydroxylation sites is 1. The minimum Gasteiger partial charge on any atom is -0.326 e. The molecule has 0 aliphatic heterocycles. The van der Waals surface area contributed by atoms with Crippen molar-refractivity contribution in [2.45, 2.75) is 38.5 Å². The summed E-state index contributed by atoms with van der Waals surface area (Å²) >= 11 is 1.31. The van der Waals surface area contributed by atoms with Crippen LogP contribution in [0.3, 0.4) is 0 Å². The molecule has 0 aliphatic rings. The summed E-state index contributed by atoms with van der Waals surface area (Å²) in [6.45, 7) is 2.16. The number of anilines is 1. The van der Waals surface area contributed by atoms with Gasteiger partial charge >= 0.3 is 0 Å². The maximum Gasteiger partial charge on any atom is 0.232 e. The quantitative estimate of drug-likeness (QED) is 0.788. The number of nitrogens with zero attached hydrogens (tertiary/aromatic N) is 2. The van der Waals surface area contributed by atoms with E-state index in [4.69, 9.17) is 0 Å². The van der Waals surface area contributed by atoms with E-state index in [1.54, 1.807) is 6.20 Å². The summed E-state index contributed by atoms with van der Waals surface area (Å²) < 4.78 is 3.87. The molecule has 1 aromatic carbocycles. The lowest BCUT2D eigenvalue weighted by Gasteiger charge is -2.14. The highest BCUT2D eigenvalue weighted by Crippen LogP contribution is 2.26. The van der Waals surface area contributed by atoms with Crippen LogP contribution in [-0.4, -0.2) is 15.5 Å². The molecule has 1 heterocycles. The van der Waals surface area contributed by atoms with E-state index in [0.717, 1.165) is 36.2 Å². The van der Waals surface area contributed by atoms with Crippen LogP contribution in [0.25, 0.3) is 0 Å². The third-order valence-corrected chi connectivity index (χ3v) is 3.95. The van der Waals surface area contributed by atoms with Gasteiger partial charge in [0, 0.05) is 5.69 Å². The van der Waals surface area contributed by atoms with Crippen LogP contribution >= 0.6 is 11.5 Å². The van der Waals surface area contributed by atoms with Crippen LogP contribution < -0.4 is 5.32 Å². The first-order chi connectivity index (χ1) is 9.81. The third-order valence-electron chi connectivity index (χ3n) is 3.18. The molecule has 0 saturated carbocycles. The average Bonchev–Trinajstić information content (AvgIpc) is 2.98. The van der Waals surface area contributed by atoms with Gasteiger partial charge in [-0.3, -0.25) is 4.79 Å². The molecule has 0 bridgehead atoms. The van der Waals surface area contributed by atoms with Gasteiger partial charge in [-0.1, -0.05) is 48.9 Å². The number of hydrogen-bond acceptors (Lipinski definition) is 4. The lowest BCUT2D eigenvalue weighted by molar-refractivity contribution is -0.117. The molecule has 1 atom stereocenters. The van der Waals surface area contributed by atoms with E-state index in [0.29, 0.717) is 0 Å². The first-order valence-electron chi connectivity index (χ1n) is 6.94. The molecule has 2 aromatic rings. The molecule has 0 fully saturated rings. The lowest BCUT2D eigenvalue weighted by Crippen LogP contribution is -2.20. The third kappa shape index (κ3) is 4.13. The average molecular weight is 289 g/mol. The molecule has 0 spiro atoms. The van der Waals surface area contributed by atoms with Crippen molar-refractivity contribution in [3.8, 4) is 0 Å². The van der Waals surface area contributed by atoms with Crippen molar-refractivity contribution in [3.05, 3.63) is 41.4 Å². The van der Waals surface area contributed by atoms with Crippen LogP contribution in [0.5, 0.6) is 0 Å². The summed E-state index contributed by atoms with van der Waals surface area (Å²) in [6.07, 6.45) is 5.87. The minimum atomic E-state index is -0.151. The Labute approximate surface area is 123 Å². The molecule has 2 rings (SSSR count). The van der Waals surface area contributed by atoms with Gasteiger partial charge in [0.05, 0.1) is 17.0 Å². The molecule has 1 unspecified atom stereocenters. The number of unbranched alkanes of at least 4 members (excludes halogenated alkanes) is 2. The van der Waals surface area contributed by atoms with E-state index in [9.17, 15) is 4.79 Å². The highest BCUT2D eigenvalue weighted by atomic mass is 32.1. The second kappa shape index (κ2) is 7.75. The van der Waals surface area contributed by atoms with Crippen LogP contribution in [0.15, 0.2) is 36.5 Å². The summed E-state index contributed by atoms with van der Waals surface area (Å²) in [6, 6.07) is 9.55. The van der Waals surface area contributed by atoms with Gasteiger partial charge in [-0.25, -0.2) is 0 Å². The van der Waals surface area contributed by atoms with Crippen molar-refractivity contribution in [1.29, 1.82) is 0 Å². The number of nitrogens with one attached hydrogen (secondary N) is 1. The van der Waals surface area contributed by atoms with Gasteiger partial charge in [0.25, 0.3) is 0 Å². The molecule has 4 nitrogen and oxygen atoms in total. The van der Waals surface area contributed by atoms with Crippen LogP contribution in [0.2, 0.25) is 0 Å². The standard InChI is InChI=1S/C15H19N3OS/c1-2-3-5-10-13(14-11-16-18-20-14)15(19)17-12-8-6-4-7-9-12/h4,6-9,11,13H,2-3,5,10H2,1H3,(H,17,19). The van der Waals surface area contributed by atoms with E-state index in [2.05, 4.69) is 21.8 Å². The predicted molar refractivity (Wildman–Crippen MR) is 81.9 cm³/mol. The number of carbonyl (C=O) groups excluding carboxylic acids is 1. The number of benzene rings is 1. The molecular formula is C15H19N3OS. The molecule has 0 radical (unpaired) electrons. The Balaban J connectivity index is 2.04. The molecule has 1 amide bonds. The molecular weight excluding hydrogens is 270 g/mol. The molecule has 0 aliphatic carbocycles. The number of rotatable bonds is 7. The van der Waals surface area contributed by atoms with Crippen LogP contribution in [0.4, 0.5) is 5.69 Å². The molecule has 20 heavy (non-hydrogen) atoms. The van der Waals surface area contributed by atoms with Crippen LogP contribution in [0.1, 0.15) is 43.4 Å². The molecule has 1 N–H and O–H groups in total. The Kier molecular flexibility index (Phi) is 5.68. The van der Waals surface area contributed by atoms with E-state index >= 15 is 0 Å². The van der Waals surface area contributed by atoms with Crippen molar-refractivity contribution < 1.29 is 4.79 Å². The fourth-order valence-corrected chi connectivity index (χ4v) is 2.72. The summed E-state index contributed by atoms with van der Waals surface area (Å²) in [5.41, 5.74) is 0.829. The van der Waals surface area contributed by atoms with E-state index in [-0.39, 0.29) is 11.8 Å². The summed E-state index contributed by atoms with van der Waals surface area (Å²) in [4.78, 5) is 13.4. The van der Waals surface area contributed by atoms with E-state index in [1.165, 1.54) is 11.5 Å². The zero-order valence-corrected chi connectivity index (χ0v) is 12.4. The number of hydrogen-bond donors (Lipinski definition) is 1. The normalized spacial score (nSPS) is 12.1. The van der Waals surface area contributed by atoms with Gasteiger partial charge in [-0.2, -0.15) is 0 Å². The summed E-state index contributed by atoms with van der Waals surface area (Å²) in [5, 5.41) is 6.82. The van der Waals surface area contributed by atoms with Crippen molar-refractivity contribution in [2.24, 2.45) is 0 Å². The number of amides is 1. The Bertz CT molecular complexity index is 513. The summed E-state index contributed by atoms with van der Waals surface area (Å²) in [5.74, 6) is -0.125. The largest absolute Gasteiger partial charge is 0.326 e. The first kappa shape index (κ1) is 14.7. The highest BCUT2D eigenvalue weighted by Gasteiger charge is 2.22. The second-order valence-electron chi connectivity index (χ2n) is 4.72. The number of carbonyl (C=O) groups is 1. The molecule has 0 saturated heterocycles. The van der Waals surface area contributed by atoms with Gasteiger partial charge in [0.1, 0.15) is 0 Å². The van der Waals surface area contributed by atoms with Crippen molar-refractivity contribution in [3.63, 3.8) is 0 Å². The number of aromatic nitrogens is 2. The van der Waals surface area contributed by atoms with E-state index in [1.807, 2.05) is 30.3 Å². The van der Waals surface area contributed by atoms with Gasteiger partial charge in [-0.05, 0) is 30.1 Å². The highest BCUT2D eigenvalue weighted by molar-refractivity contribution is 7.05. The van der Waals surface area contributed by atoms with Gasteiger partial charge in [0.15, 0.2) is 0 Å². The van der Waals surface area contributed by atoms with Crippen LogP contribution in [-0.2, 0) is 4.79 Å². The topological polar surface area (TPSA) is 54.9 Å². The minimum absolute atomic E-state index is 0.0263. The molecule has 1 aromatic heterocycles. The molecule has 5 heteroatoms. The monoisotopic (exact) mass is 289 g/mol. The Morgan fingerprint density at radius 3 is 2.75 bits per heavy atom. The fourth-order valence-electron chi connectivity index (χ4n) is 2.08. The maximum atomic E-state index is 12.4. The summed E-state index contributed by atoms with van der Waals surface area (Å²) in [7, 11) is 0. The van der Waals surface area contributed by atoms with E-state index < -0.39 is 0 Å². The van der Waals surface area contributed by atoms with Crippen LogP contribution in [0, 0.1) is 0 Å². The van der Waals surface area contributed by atoms with Gasteiger partial charge < -0.3 is 5.32 Å². The van der Waals surface area contributed by atoms with Crippen molar-refractivity contribution in [2.75, 3.05) is 5.32 Å². The maximum absolute atomic E-state index is 12.4. The lowest BCUT2D eigenvalue weighted by atomic mass is 9.99. The predicted octanol–water partition coefficient (Wildman–Crippen LogP) is 3.84. The zero-order valence-electron chi connectivity index (χ0n) is 11.6. The van der Waals surface area contributed by atoms with Gasteiger partial charge in [0.2, 0.25) is 5.91 Å². The first-order valence-corrected chi connectivity index (χ1v) is 7.71. The Morgan fingerprint density at radius 1 is 1.30 bits per heavy atom. The Hall–Kier alpha value is -1.75. The van der Waals surface area contributed by atoms with Crippen molar-refractivity contribution in [1.82, 2.24) is 9.59 Å². The second-order valence-corrected chi connectivity index (χ2v) is 5.54. The zero-order chi connectivity index (χ0) is 14.2. The van der Waals surface area contributed by atoms with Gasteiger partial charge in [-0.15, -0.1) is 5.10 Å². The smallest absolute Gasteiger partial charge is 0.232 e. The molecule has 106 valence electrons. The Morgan fingerprint density at radius 2 is 2.10 bits per heavy atom. The fraction of sp³-hybridized carbons (Fsp3) is 0.400. The van der Waals surface area contributed by atoms with Crippen molar-refractivity contribution >= 4 is 23.1 Å². The SMILES string of the molecule is CCCCCC(C(=O)Nc1ccccc1)c1cnns1.